The molecule has 1 aromatic rings. The van der Waals surface area contributed by atoms with Gasteiger partial charge in [0.15, 0.2) is 0 Å². The number of benzene rings is 1. The maximum absolute atomic E-state index is 10.1. The van der Waals surface area contributed by atoms with E-state index < -0.39 is 8.07 Å². The van der Waals surface area contributed by atoms with Gasteiger partial charge in [-0.25, -0.2) is 0 Å². The molecule has 2 heteroatoms. The topological polar surface area (TPSA) is 20.2 Å². The highest BCUT2D eigenvalue weighted by molar-refractivity contribution is 6.94. The van der Waals surface area contributed by atoms with Crippen molar-refractivity contribution in [3.63, 3.8) is 0 Å². The first-order valence-electron chi connectivity index (χ1n) is 5.41. The van der Waals surface area contributed by atoms with Crippen LogP contribution < -0.4 is 0 Å². The van der Waals surface area contributed by atoms with Gasteiger partial charge in [0.05, 0.1) is 8.07 Å². The van der Waals surface area contributed by atoms with E-state index in [9.17, 15) is 5.11 Å². The first-order valence-corrected chi connectivity index (χ1v) is 8.91. The molecule has 0 aromatic heterocycles. The van der Waals surface area contributed by atoms with Crippen LogP contribution in [0.3, 0.4) is 0 Å². The quantitative estimate of drug-likeness (QED) is 0.716. The molecule has 15 heavy (non-hydrogen) atoms. The van der Waals surface area contributed by atoms with Gasteiger partial charge in [-0.2, -0.15) is 0 Å². The Hall–Kier alpha value is -0.863. The van der Waals surface area contributed by atoms with Gasteiger partial charge in [0, 0.05) is 0 Å². The Kier molecular flexibility index (Phi) is 2.36. The standard InChI is InChI=1S/C13H18OSi/c1-9-12(14)10-7-5-6-8-11(10)13(9)15(2,3)4/h5-8,12,14H,1-4H3. The lowest BCUT2D eigenvalue weighted by Crippen LogP contribution is -2.22. The molecule has 0 fully saturated rings. The summed E-state index contributed by atoms with van der Waals surface area (Å²) in [4.78, 5) is 0. The highest BCUT2D eigenvalue weighted by Gasteiger charge is 2.33. The van der Waals surface area contributed by atoms with E-state index in [0.717, 1.165) is 11.1 Å². The van der Waals surface area contributed by atoms with Crippen LogP contribution in [0.15, 0.2) is 29.8 Å². The van der Waals surface area contributed by atoms with Crippen LogP contribution in [-0.4, -0.2) is 13.2 Å². The smallest absolute Gasteiger partial charge is 0.101 e. The summed E-state index contributed by atoms with van der Waals surface area (Å²) in [6, 6.07) is 8.24. The molecule has 1 aliphatic carbocycles. The highest BCUT2D eigenvalue weighted by Crippen LogP contribution is 2.43. The minimum absolute atomic E-state index is 0.372. The Morgan fingerprint density at radius 1 is 1.13 bits per heavy atom. The maximum atomic E-state index is 10.1. The maximum Gasteiger partial charge on any atom is 0.101 e. The summed E-state index contributed by atoms with van der Waals surface area (Å²) in [6.07, 6.45) is -0.372. The van der Waals surface area contributed by atoms with Gasteiger partial charge >= 0.3 is 0 Å². The molecule has 1 nitrogen and oxygen atoms in total. The van der Waals surface area contributed by atoms with E-state index in [0.29, 0.717) is 0 Å². The lowest BCUT2D eigenvalue weighted by molar-refractivity contribution is 0.220. The van der Waals surface area contributed by atoms with Crippen molar-refractivity contribution in [1.29, 1.82) is 0 Å². The molecular weight excluding hydrogens is 200 g/mol. The molecule has 0 amide bonds. The fourth-order valence-electron chi connectivity index (χ4n) is 2.54. The van der Waals surface area contributed by atoms with Crippen molar-refractivity contribution in [3.05, 3.63) is 41.0 Å². The Balaban J connectivity index is 2.65. The first-order chi connectivity index (χ1) is 6.93. The third kappa shape index (κ3) is 1.58. The van der Waals surface area contributed by atoms with Gasteiger partial charge in [0.2, 0.25) is 0 Å². The number of aliphatic hydroxyl groups excluding tert-OH is 1. The number of fused-ring (bicyclic) bond motifs is 1. The van der Waals surface area contributed by atoms with Crippen LogP contribution in [0.1, 0.15) is 24.2 Å². The molecule has 0 bridgehead atoms. The van der Waals surface area contributed by atoms with Crippen LogP contribution in [0.25, 0.3) is 5.20 Å². The minimum atomic E-state index is -1.36. The second kappa shape index (κ2) is 3.32. The molecule has 0 saturated carbocycles. The summed E-state index contributed by atoms with van der Waals surface area (Å²) in [5.41, 5.74) is 3.53. The summed E-state index contributed by atoms with van der Waals surface area (Å²) in [7, 11) is -1.36. The summed E-state index contributed by atoms with van der Waals surface area (Å²) in [5.74, 6) is 0. The fraction of sp³-hybridized carbons (Fsp3) is 0.385. The van der Waals surface area contributed by atoms with Gasteiger partial charge in [-0.1, -0.05) is 49.1 Å². The molecule has 0 radical (unpaired) electrons. The molecule has 80 valence electrons. The van der Waals surface area contributed by atoms with Crippen LogP contribution in [0, 0.1) is 0 Å². The van der Waals surface area contributed by atoms with Crippen molar-refractivity contribution in [1.82, 2.24) is 0 Å². The van der Waals surface area contributed by atoms with Crippen LogP contribution >= 0.6 is 0 Å². The molecule has 0 saturated heterocycles. The summed E-state index contributed by atoms with van der Waals surface area (Å²) in [5, 5.41) is 11.6. The third-order valence-corrected chi connectivity index (χ3v) is 5.24. The molecule has 1 unspecified atom stereocenters. The lowest BCUT2D eigenvalue weighted by Gasteiger charge is -2.20. The van der Waals surface area contributed by atoms with E-state index in [-0.39, 0.29) is 6.10 Å². The minimum Gasteiger partial charge on any atom is -0.384 e. The van der Waals surface area contributed by atoms with Crippen LogP contribution in [-0.2, 0) is 0 Å². The molecule has 2 rings (SSSR count). The summed E-state index contributed by atoms with van der Waals surface area (Å²) < 4.78 is 0. The molecule has 1 aliphatic rings. The van der Waals surface area contributed by atoms with E-state index in [1.165, 1.54) is 10.8 Å². The van der Waals surface area contributed by atoms with Gasteiger partial charge in [0.25, 0.3) is 0 Å². The monoisotopic (exact) mass is 218 g/mol. The lowest BCUT2D eigenvalue weighted by atomic mass is 10.1. The first kappa shape index (κ1) is 10.6. The second-order valence-electron chi connectivity index (χ2n) is 5.30. The Labute approximate surface area is 92.5 Å². The zero-order chi connectivity index (χ0) is 11.2. The van der Waals surface area contributed by atoms with E-state index >= 15 is 0 Å². The average molecular weight is 218 g/mol. The number of hydrogen-bond donors (Lipinski definition) is 1. The Morgan fingerprint density at radius 2 is 1.73 bits per heavy atom. The third-order valence-electron chi connectivity index (χ3n) is 3.08. The van der Waals surface area contributed by atoms with Crippen molar-refractivity contribution >= 4 is 13.3 Å². The van der Waals surface area contributed by atoms with Crippen molar-refractivity contribution in [2.75, 3.05) is 0 Å². The summed E-state index contributed by atoms with van der Waals surface area (Å²) >= 11 is 0. The van der Waals surface area contributed by atoms with Crippen LogP contribution in [0.4, 0.5) is 0 Å². The second-order valence-corrected chi connectivity index (χ2v) is 10.3. The predicted molar refractivity (Wildman–Crippen MR) is 67.3 cm³/mol. The SMILES string of the molecule is CC1=C([Si](C)(C)C)c2ccccc2C1O. The molecule has 1 atom stereocenters. The van der Waals surface area contributed by atoms with E-state index in [1.54, 1.807) is 0 Å². The zero-order valence-corrected chi connectivity index (χ0v) is 10.8. The Morgan fingerprint density at radius 3 is 2.33 bits per heavy atom. The number of hydrogen-bond acceptors (Lipinski definition) is 1. The normalized spacial score (nSPS) is 20.7. The fourth-order valence-corrected chi connectivity index (χ4v) is 4.90. The van der Waals surface area contributed by atoms with Crippen molar-refractivity contribution < 1.29 is 5.11 Å². The predicted octanol–water partition coefficient (Wildman–Crippen LogP) is 3.38. The molecular formula is C13H18OSi. The van der Waals surface area contributed by atoms with Crippen molar-refractivity contribution in [2.45, 2.75) is 32.7 Å². The molecule has 1 N–H and O–H groups in total. The molecule has 1 aromatic carbocycles. The van der Waals surface area contributed by atoms with Gasteiger partial charge in [-0.05, 0) is 23.6 Å². The average Bonchev–Trinajstić information content (AvgIpc) is 2.39. The molecule has 0 heterocycles. The summed E-state index contributed by atoms with van der Waals surface area (Å²) in [6.45, 7) is 9.07. The zero-order valence-electron chi connectivity index (χ0n) is 9.83. The molecule has 0 spiro atoms. The number of aliphatic hydroxyl groups is 1. The van der Waals surface area contributed by atoms with Crippen LogP contribution in [0.2, 0.25) is 19.6 Å². The van der Waals surface area contributed by atoms with E-state index in [2.05, 4.69) is 38.7 Å². The van der Waals surface area contributed by atoms with Gasteiger partial charge in [-0.3, -0.25) is 0 Å². The largest absolute Gasteiger partial charge is 0.384 e. The molecule has 0 aliphatic heterocycles. The van der Waals surface area contributed by atoms with Gasteiger partial charge in [0.1, 0.15) is 6.10 Å². The van der Waals surface area contributed by atoms with E-state index in [4.69, 9.17) is 0 Å². The van der Waals surface area contributed by atoms with Gasteiger partial charge in [-0.15, -0.1) is 0 Å². The number of rotatable bonds is 1. The van der Waals surface area contributed by atoms with Gasteiger partial charge < -0.3 is 5.11 Å². The Bertz CT molecular complexity index is 426. The van der Waals surface area contributed by atoms with E-state index in [1.807, 2.05) is 12.1 Å². The van der Waals surface area contributed by atoms with Crippen molar-refractivity contribution in [3.8, 4) is 0 Å². The van der Waals surface area contributed by atoms with Crippen molar-refractivity contribution in [2.24, 2.45) is 0 Å². The highest BCUT2D eigenvalue weighted by atomic mass is 28.3. The van der Waals surface area contributed by atoms with Crippen LogP contribution in [0.5, 0.6) is 0 Å².